The number of urea groups is 1. The lowest BCUT2D eigenvalue weighted by molar-refractivity contribution is -0.124. The van der Waals surface area contributed by atoms with Gasteiger partial charge in [-0.15, -0.1) is 0 Å². The van der Waals surface area contributed by atoms with Crippen LogP contribution in [0.3, 0.4) is 0 Å². The summed E-state index contributed by atoms with van der Waals surface area (Å²) in [5.41, 5.74) is -1.13. The first-order chi connectivity index (χ1) is 4.58. The molecule has 1 aliphatic heterocycles. The highest BCUT2D eigenvalue weighted by molar-refractivity contribution is 6.06. The van der Waals surface area contributed by atoms with Crippen LogP contribution in [0.5, 0.6) is 0 Å². The van der Waals surface area contributed by atoms with Gasteiger partial charge in [0.25, 0.3) is 5.91 Å². The number of carbonyl (C=O) groups is 2. The van der Waals surface area contributed by atoms with E-state index in [-0.39, 0.29) is 6.61 Å². The van der Waals surface area contributed by atoms with Crippen molar-refractivity contribution >= 4 is 11.9 Å². The topological polar surface area (TPSA) is 78.4 Å². The van der Waals surface area contributed by atoms with Crippen molar-refractivity contribution in [2.75, 3.05) is 6.61 Å². The molecule has 1 heterocycles. The molecule has 0 aromatic rings. The van der Waals surface area contributed by atoms with E-state index in [9.17, 15) is 9.59 Å². The van der Waals surface area contributed by atoms with Gasteiger partial charge in [-0.2, -0.15) is 0 Å². The van der Waals surface area contributed by atoms with Crippen LogP contribution in [0, 0.1) is 0 Å². The SMILES string of the molecule is CC1(CO)NC(=O)NC1=O. The van der Waals surface area contributed by atoms with E-state index in [1.165, 1.54) is 6.92 Å². The van der Waals surface area contributed by atoms with E-state index < -0.39 is 17.5 Å². The summed E-state index contributed by atoms with van der Waals surface area (Å²) >= 11 is 0. The summed E-state index contributed by atoms with van der Waals surface area (Å²) < 4.78 is 0. The van der Waals surface area contributed by atoms with E-state index in [0.29, 0.717) is 0 Å². The second-order valence-electron chi connectivity index (χ2n) is 2.40. The van der Waals surface area contributed by atoms with Crippen molar-refractivity contribution in [3.63, 3.8) is 0 Å². The molecule has 1 rings (SSSR count). The van der Waals surface area contributed by atoms with Gasteiger partial charge in [-0.3, -0.25) is 10.1 Å². The summed E-state index contributed by atoms with van der Waals surface area (Å²) in [5.74, 6) is -0.486. The van der Waals surface area contributed by atoms with E-state index >= 15 is 0 Å². The third-order valence-electron chi connectivity index (χ3n) is 1.43. The van der Waals surface area contributed by atoms with Crippen molar-refractivity contribution < 1.29 is 14.7 Å². The van der Waals surface area contributed by atoms with Crippen LogP contribution in [-0.4, -0.2) is 29.2 Å². The molecule has 56 valence electrons. The number of nitrogens with one attached hydrogen (secondary N) is 2. The van der Waals surface area contributed by atoms with Crippen molar-refractivity contribution in [1.82, 2.24) is 10.6 Å². The minimum absolute atomic E-state index is 0.384. The van der Waals surface area contributed by atoms with Crippen molar-refractivity contribution in [3.05, 3.63) is 0 Å². The Balaban J connectivity index is 2.80. The summed E-state index contributed by atoms with van der Waals surface area (Å²) in [6.45, 7) is 1.07. The fourth-order valence-electron chi connectivity index (χ4n) is 0.691. The Labute approximate surface area is 57.4 Å². The lowest BCUT2D eigenvalue weighted by Gasteiger charge is -2.15. The number of imide groups is 1. The van der Waals surface area contributed by atoms with Crippen LogP contribution in [0.15, 0.2) is 0 Å². The Morgan fingerprint density at radius 3 is 2.40 bits per heavy atom. The Morgan fingerprint density at radius 2 is 2.20 bits per heavy atom. The van der Waals surface area contributed by atoms with Gasteiger partial charge in [0.1, 0.15) is 5.54 Å². The van der Waals surface area contributed by atoms with Crippen molar-refractivity contribution in [2.24, 2.45) is 0 Å². The van der Waals surface area contributed by atoms with E-state index in [2.05, 4.69) is 5.32 Å². The van der Waals surface area contributed by atoms with Crippen LogP contribution < -0.4 is 10.6 Å². The highest BCUT2D eigenvalue weighted by atomic mass is 16.3. The minimum atomic E-state index is -1.13. The van der Waals surface area contributed by atoms with Crippen LogP contribution >= 0.6 is 0 Å². The highest BCUT2D eigenvalue weighted by Gasteiger charge is 2.41. The maximum Gasteiger partial charge on any atom is 0.322 e. The van der Waals surface area contributed by atoms with Crippen LogP contribution in [-0.2, 0) is 4.79 Å². The standard InChI is InChI=1S/C5H8N2O3/c1-5(2-8)3(9)6-4(10)7-5/h8H,2H2,1H3,(H2,6,7,9,10). The van der Waals surface area contributed by atoms with E-state index in [4.69, 9.17) is 5.11 Å². The highest BCUT2D eigenvalue weighted by Crippen LogP contribution is 2.06. The molecule has 1 saturated heterocycles. The Kier molecular flexibility index (Phi) is 1.37. The molecule has 5 heteroatoms. The average molecular weight is 144 g/mol. The first kappa shape index (κ1) is 7.01. The first-order valence-electron chi connectivity index (χ1n) is 2.83. The summed E-state index contributed by atoms with van der Waals surface area (Å²) in [7, 11) is 0. The molecular weight excluding hydrogens is 136 g/mol. The zero-order chi connectivity index (χ0) is 7.78. The zero-order valence-corrected chi connectivity index (χ0v) is 5.47. The van der Waals surface area contributed by atoms with Crippen LogP contribution in [0.2, 0.25) is 0 Å². The smallest absolute Gasteiger partial charge is 0.322 e. The molecule has 0 saturated carbocycles. The lowest BCUT2D eigenvalue weighted by Crippen LogP contribution is -2.46. The predicted octanol–water partition coefficient (Wildman–Crippen LogP) is -1.42. The second kappa shape index (κ2) is 1.95. The van der Waals surface area contributed by atoms with Crippen LogP contribution in [0.25, 0.3) is 0 Å². The number of carbonyl (C=O) groups excluding carboxylic acids is 2. The van der Waals surface area contributed by atoms with E-state index in [1.54, 1.807) is 0 Å². The van der Waals surface area contributed by atoms with Gasteiger partial charge in [0.15, 0.2) is 0 Å². The van der Waals surface area contributed by atoms with Gasteiger partial charge >= 0.3 is 6.03 Å². The molecule has 3 N–H and O–H groups in total. The molecule has 0 radical (unpaired) electrons. The van der Waals surface area contributed by atoms with E-state index in [1.807, 2.05) is 5.32 Å². The van der Waals surface area contributed by atoms with Gasteiger partial charge in [-0.05, 0) is 6.92 Å². The molecule has 0 aromatic carbocycles. The first-order valence-corrected chi connectivity index (χ1v) is 2.83. The predicted molar refractivity (Wildman–Crippen MR) is 32.2 cm³/mol. The number of hydrogen-bond donors (Lipinski definition) is 3. The van der Waals surface area contributed by atoms with Crippen molar-refractivity contribution in [2.45, 2.75) is 12.5 Å². The Bertz CT molecular complexity index is 191. The van der Waals surface area contributed by atoms with Crippen molar-refractivity contribution in [1.29, 1.82) is 0 Å². The fraction of sp³-hybridized carbons (Fsp3) is 0.600. The number of aliphatic hydroxyl groups is 1. The normalized spacial score (nSPS) is 31.8. The third-order valence-corrected chi connectivity index (χ3v) is 1.43. The maximum absolute atomic E-state index is 10.8. The molecule has 1 atom stereocenters. The summed E-state index contributed by atoms with van der Waals surface area (Å²) in [6.07, 6.45) is 0. The van der Waals surface area contributed by atoms with Gasteiger partial charge in [0, 0.05) is 0 Å². The van der Waals surface area contributed by atoms with Gasteiger partial charge in [-0.1, -0.05) is 0 Å². The molecule has 5 nitrogen and oxygen atoms in total. The molecule has 0 bridgehead atoms. The van der Waals surface area contributed by atoms with Gasteiger partial charge < -0.3 is 10.4 Å². The number of amides is 3. The summed E-state index contributed by atoms with van der Waals surface area (Å²) in [5, 5.41) is 12.9. The third kappa shape index (κ3) is 0.841. The van der Waals surface area contributed by atoms with E-state index in [0.717, 1.165) is 0 Å². The quantitative estimate of drug-likeness (QED) is 0.395. The van der Waals surface area contributed by atoms with Gasteiger partial charge in [0.05, 0.1) is 6.61 Å². The Morgan fingerprint density at radius 1 is 1.60 bits per heavy atom. The average Bonchev–Trinajstić information content (AvgIpc) is 2.09. The summed E-state index contributed by atoms with van der Waals surface area (Å²) in [4.78, 5) is 21.3. The van der Waals surface area contributed by atoms with Crippen LogP contribution in [0.4, 0.5) is 4.79 Å². The zero-order valence-electron chi connectivity index (χ0n) is 5.47. The number of hydrogen-bond acceptors (Lipinski definition) is 3. The van der Waals surface area contributed by atoms with Gasteiger partial charge in [-0.25, -0.2) is 4.79 Å². The summed E-state index contributed by atoms with van der Waals surface area (Å²) in [6, 6.07) is -0.554. The molecule has 10 heavy (non-hydrogen) atoms. The molecule has 1 unspecified atom stereocenters. The maximum atomic E-state index is 10.8. The monoisotopic (exact) mass is 144 g/mol. The number of rotatable bonds is 1. The van der Waals surface area contributed by atoms with Gasteiger partial charge in [0.2, 0.25) is 0 Å². The number of aliphatic hydroxyl groups excluding tert-OH is 1. The lowest BCUT2D eigenvalue weighted by atomic mass is 10.1. The molecule has 0 aliphatic carbocycles. The van der Waals surface area contributed by atoms with Crippen molar-refractivity contribution in [3.8, 4) is 0 Å². The molecule has 0 spiro atoms. The minimum Gasteiger partial charge on any atom is -0.393 e. The molecule has 1 fully saturated rings. The molecular formula is C5H8N2O3. The largest absolute Gasteiger partial charge is 0.393 e. The second-order valence-corrected chi connectivity index (χ2v) is 2.40. The Hall–Kier alpha value is -1.10. The fourth-order valence-corrected chi connectivity index (χ4v) is 0.691. The molecule has 0 aromatic heterocycles. The van der Waals surface area contributed by atoms with Crippen LogP contribution in [0.1, 0.15) is 6.92 Å². The molecule has 3 amide bonds. The molecule has 1 aliphatic rings.